The molecule has 3 amide bonds. The lowest BCUT2D eigenvalue weighted by molar-refractivity contribution is -0.132. The summed E-state index contributed by atoms with van der Waals surface area (Å²) in [6, 6.07) is 29.1. The summed E-state index contributed by atoms with van der Waals surface area (Å²) in [7, 11) is 0. The van der Waals surface area contributed by atoms with Crippen LogP contribution >= 0.6 is 6.89 Å². The second kappa shape index (κ2) is 8.75. The van der Waals surface area contributed by atoms with Crippen molar-refractivity contribution in [3.8, 4) is 0 Å². The number of amides is 3. The summed E-state index contributed by atoms with van der Waals surface area (Å²) in [6.45, 7) is -1.22. The van der Waals surface area contributed by atoms with Crippen molar-refractivity contribution in [3.63, 3.8) is 0 Å². The van der Waals surface area contributed by atoms with E-state index in [0.717, 1.165) is 15.9 Å². The van der Waals surface area contributed by atoms with Gasteiger partial charge in [0.2, 0.25) is 11.8 Å². The Morgan fingerprint density at radius 2 is 1.23 bits per heavy atom. The first-order chi connectivity index (χ1) is 15.0. The van der Waals surface area contributed by atoms with Crippen LogP contribution in [0.3, 0.4) is 0 Å². The lowest BCUT2D eigenvalue weighted by Crippen LogP contribution is -2.57. The van der Waals surface area contributed by atoms with Crippen LogP contribution < -0.4 is 26.5 Å². The quantitative estimate of drug-likeness (QED) is 0.489. The van der Waals surface area contributed by atoms with Crippen LogP contribution in [-0.2, 0) is 14.4 Å². The molecule has 2 N–H and O–H groups in total. The molecule has 0 radical (unpaired) electrons. The van der Waals surface area contributed by atoms with Gasteiger partial charge in [0.05, 0.1) is 0 Å². The van der Waals surface area contributed by atoms with E-state index < -0.39 is 18.8 Å². The number of carbonyl (C=O) groups is 3. The van der Waals surface area contributed by atoms with Gasteiger partial charge in [-0.05, 0) is 22.8 Å². The zero-order chi connectivity index (χ0) is 21.8. The summed E-state index contributed by atoms with van der Waals surface area (Å²) in [6.07, 6.45) is 0.163. The van der Waals surface area contributed by atoms with Gasteiger partial charge in [0.25, 0.3) is 5.91 Å². The molecule has 0 aliphatic carbocycles. The Morgan fingerprint density at radius 1 is 0.806 bits per heavy atom. The molecule has 1 saturated heterocycles. The van der Waals surface area contributed by atoms with Gasteiger partial charge in [0.15, 0.2) is 0 Å². The van der Waals surface area contributed by atoms with Gasteiger partial charge in [0, 0.05) is 18.6 Å². The van der Waals surface area contributed by atoms with E-state index in [2.05, 4.69) is 10.6 Å². The van der Waals surface area contributed by atoms with E-state index in [1.165, 1.54) is 6.92 Å². The molecule has 1 unspecified atom stereocenters. The molecular formula is C25H23N2O3P. The first-order valence-corrected chi connectivity index (χ1v) is 11.9. The summed E-state index contributed by atoms with van der Waals surface area (Å²) in [5, 5.41) is 8.88. The maximum atomic E-state index is 13.3. The smallest absolute Gasteiger partial charge is 0.254 e. The molecule has 3 aromatic rings. The van der Waals surface area contributed by atoms with Crippen molar-refractivity contribution in [1.82, 2.24) is 10.6 Å². The molecule has 1 heterocycles. The molecule has 0 aromatic heterocycles. The second-order valence-corrected chi connectivity index (χ2v) is 10.8. The van der Waals surface area contributed by atoms with Gasteiger partial charge >= 0.3 is 0 Å². The van der Waals surface area contributed by atoms with Crippen molar-refractivity contribution < 1.29 is 14.4 Å². The molecule has 0 spiro atoms. The number of rotatable bonds is 4. The van der Waals surface area contributed by atoms with Crippen LogP contribution in [-0.4, -0.2) is 29.1 Å². The van der Waals surface area contributed by atoms with Gasteiger partial charge in [-0.15, -0.1) is 0 Å². The van der Waals surface area contributed by atoms with E-state index in [1.54, 1.807) is 0 Å². The molecule has 3 aromatic carbocycles. The van der Waals surface area contributed by atoms with Crippen molar-refractivity contribution in [1.29, 1.82) is 0 Å². The van der Waals surface area contributed by atoms with Crippen molar-refractivity contribution in [2.45, 2.75) is 19.4 Å². The predicted molar refractivity (Wildman–Crippen MR) is 126 cm³/mol. The molecule has 1 fully saturated rings. The Labute approximate surface area is 181 Å². The topological polar surface area (TPSA) is 75.3 Å². The summed E-state index contributed by atoms with van der Waals surface area (Å²) < 4.78 is 0. The first-order valence-electron chi connectivity index (χ1n) is 10.1. The molecule has 1 atom stereocenters. The Kier molecular flexibility index (Phi) is 5.88. The lowest BCUT2D eigenvalue weighted by Gasteiger charge is -2.35. The molecule has 6 heteroatoms. The molecule has 156 valence electrons. The largest absolute Gasteiger partial charge is 0.344 e. The monoisotopic (exact) mass is 430 g/mol. The standard InChI is InChI=1S/C25H23N2O3P/c1-18(28)26-22-17-23(25(30)27-24(22)29)31(19-11-5-2-6-12-19,20-13-7-3-8-14-20)21-15-9-4-10-16-21/h2-16,22H,17H2,1H3,(H,26,28)(H,27,29,30). The predicted octanol–water partition coefficient (Wildman–Crippen LogP) is 1.70. The second-order valence-electron chi connectivity index (χ2n) is 7.40. The van der Waals surface area contributed by atoms with Crippen LogP contribution in [0.25, 0.3) is 0 Å². The fourth-order valence-corrected chi connectivity index (χ4v) is 8.68. The van der Waals surface area contributed by atoms with Gasteiger partial charge in [-0.3, -0.25) is 19.7 Å². The van der Waals surface area contributed by atoms with Crippen molar-refractivity contribution in [3.05, 3.63) is 91.0 Å². The number of nitrogens with one attached hydrogen (secondary N) is 2. The van der Waals surface area contributed by atoms with Gasteiger partial charge in [-0.1, -0.05) is 91.0 Å². The average molecular weight is 430 g/mol. The third-order valence-corrected chi connectivity index (χ3v) is 9.84. The van der Waals surface area contributed by atoms with Gasteiger partial charge in [-0.25, -0.2) is 0 Å². The van der Waals surface area contributed by atoms with Crippen LogP contribution in [0, 0.1) is 0 Å². The van der Waals surface area contributed by atoms with Crippen molar-refractivity contribution in [2.24, 2.45) is 0 Å². The lowest BCUT2D eigenvalue weighted by atomic mass is 10.1. The van der Waals surface area contributed by atoms with Crippen molar-refractivity contribution in [2.75, 3.05) is 0 Å². The Morgan fingerprint density at radius 3 is 1.61 bits per heavy atom. The summed E-state index contributed by atoms with van der Waals surface area (Å²) in [5.41, 5.74) is 0. The Balaban J connectivity index is 2.13. The minimum absolute atomic E-state index is 0.163. The number of imide groups is 1. The SMILES string of the molecule is CC(=O)NC1CC(=P(c2ccccc2)(c2ccccc2)c2ccccc2)C(=O)NC1=O. The third kappa shape index (κ3) is 3.85. The van der Waals surface area contributed by atoms with Gasteiger partial charge < -0.3 is 5.32 Å². The first kappa shape index (κ1) is 20.8. The fourth-order valence-electron chi connectivity index (χ4n) is 4.17. The highest BCUT2D eigenvalue weighted by Crippen LogP contribution is 2.47. The van der Waals surface area contributed by atoms with E-state index in [9.17, 15) is 14.4 Å². The molecule has 1 aliphatic rings. The average Bonchev–Trinajstić information content (AvgIpc) is 2.79. The highest BCUT2D eigenvalue weighted by Gasteiger charge is 2.39. The number of hydrogen-bond donors (Lipinski definition) is 2. The number of hydrogen-bond acceptors (Lipinski definition) is 3. The minimum Gasteiger partial charge on any atom is -0.344 e. The highest BCUT2D eigenvalue weighted by atomic mass is 31.2. The van der Waals surface area contributed by atoms with E-state index in [4.69, 9.17) is 0 Å². The number of carbonyl (C=O) groups excluding carboxylic acids is 3. The maximum absolute atomic E-state index is 13.3. The molecule has 31 heavy (non-hydrogen) atoms. The summed E-state index contributed by atoms with van der Waals surface area (Å²) in [5.74, 6) is -1.16. The summed E-state index contributed by atoms with van der Waals surface area (Å²) >= 11 is 0. The molecule has 0 saturated carbocycles. The minimum atomic E-state index is -2.59. The van der Waals surface area contributed by atoms with E-state index >= 15 is 0 Å². The van der Waals surface area contributed by atoms with Crippen LogP contribution in [0.1, 0.15) is 13.3 Å². The maximum Gasteiger partial charge on any atom is 0.254 e. The molecule has 5 nitrogen and oxygen atoms in total. The van der Waals surface area contributed by atoms with Crippen molar-refractivity contribution >= 4 is 45.8 Å². The Bertz CT molecular complexity index is 1070. The number of piperidine rings is 1. The molecular weight excluding hydrogens is 407 g/mol. The zero-order valence-corrected chi connectivity index (χ0v) is 18.0. The molecule has 4 rings (SSSR count). The number of benzene rings is 3. The zero-order valence-electron chi connectivity index (χ0n) is 17.1. The highest BCUT2D eigenvalue weighted by molar-refractivity contribution is 7.96. The molecule has 0 bridgehead atoms. The van der Waals surface area contributed by atoms with Crippen LogP contribution in [0.4, 0.5) is 0 Å². The van der Waals surface area contributed by atoms with Crippen LogP contribution in [0.15, 0.2) is 91.0 Å². The summed E-state index contributed by atoms with van der Waals surface area (Å²) in [4.78, 5) is 37.6. The Hall–Kier alpha value is -3.43. The van der Waals surface area contributed by atoms with Gasteiger partial charge in [-0.2, -0.15) is 0 Å². The third-order valence-electron chi connectivity index (χ3n) is 5.43. The normalized spacial score (nSPS) is 16.5. The van der Waals surface area contributed by atoms with Crippen LogP contribution in [0.5, 0.6) is 0 Å². The van der Waals surface area contributed by atoms with E-state index in [-0.39, 0.29) is 18.2 Å². The van der Waals surface area contributed by atoms with Crippen LogP contribution in [0.2, 0.25) is 0 Å². The van der Waals surface area contributed by atoms with E-state index in [0.29, 0.717) is 5.29 Å². The van der Waals surface area contributed by atoms with E-state index in [1.807, 2.05) is 91.0 Å². The van der Waals surface area contributed by atoms with Gasteiger partial charge in [0.1, 0.15) is 6.04 Å². The fraction of sp³-hybridized carbons (Fsp3) is 0.120. The molecule has 1 aliphatic heterocycles.